The van der Waals surface area contributed by atoms with Crippen LogP contribution in [0, 0.1) is 0 Å². The lowest BCUT2D eigenvalue weighted by atomic mass is 10.1. The first kappa shape index (κ1) is 17.8. The van der Waals surface area contributed by atoms with Gasteiger partial charge >= 0.3 is 0 Å². The lowest BCUT2D eigenvalue weighted by Crippen LogP contribution is -2.41. The van der Waals surface area contributed by atoms with E-state index in [1.807, 2.05) is 60.7 Å². The molecule has 0 radical (unpaired) electrons. The molecule has 0 aliphatic carbocycles. The first-order valence-electron chi connectivity index (χ1n) is 8.10. The number of carbonyl (C=O) groups excluding carboxylic acids is 2. The molecule has 1 heterocycles. The lowest BCUT2D eigenvalue weighted by Gasteiger charge is -2.06. The highest BCUT2D eigenvalue weighted by atomic mass is 32.2. The zero-order chi connectivity index (χ0) is 18.2. The minimum atomic E-state index is -0.441. The highest BCUT2D eigenvalue weighted by Gasteiger charge is 2.11. The highest BCUT2D eigenvalue weighted by Crippen LogP contribution is 2.18. The molecule has 2 amide bonds. The number of carbonyl (C=O) groups is 2. The first-order valence-corrected chi connectivity index (χ1v) is 9.09. The quantitative estimate of drug-likeness (QED) is 0.462. The maximum absolute atomic E-state index is 12.1. The Balaban J connectivity index is 1.43. The number of H-pyrrole nitrogens is 1. The number of hydrogen-bond acceptors (Lipinski definition) is 4. The lowest BCUT2D eigenvalue weighted by molar-refractivity contribution is -0.121. The molecule has 0 spiro atoms. The van der Waals surface area contributed by atoms with Crippen LogP contribution in [0.2, 0.25) is 0 Å². The Kier molecular flexibility index (Phi) is 6.05. The second kappa shape index (κ2) is 8.87. The van der Waals surface area contributed by atoms with Crippen molar-refractivity contribution in [1.82, 2.24) is 21.0 Å². The summed E-state index contributed by atoms with van der Waals surface area (Å²) in [5, 5.41) is 6.79. The first-order chi connectivity index (χ1) is 12.7. The van der Waals surface area contributed by atoms with Gasteiger partial charge in [-0.2, -0.15) is 5.10 Å². The van der Waals surface area contributed by atoms with Gasteiger partial charge in [0.1, 0.15) is 5.69 Å². The molecule has 26 heavy (non-hydrogen) atoms. The second-order valence-electron chi connectivity index (χ2n) is 5.45. The Morgan fingerprint density at radius 3 is 2.38 bits per heavy atom. The maximum Gasteiger partial charge on any atom is 0.287 e. The van der Waals surface area contributed by atoms with Crippen LogP contribution in [0.5, 0.6) is 0 Å². The average Bonchev–Trinajstić information content (AvgIpc) is 3.18. The van der Waals surface area contributed by atoms with Crippen LogP contribution in [0.25, 0.3) is 11.3 Å². The number of nitrogens with zero attached hydrogens (tertiary/aromatic N) is 1. The largest absolute Gasteiger partial charge is 0.287 e. The number of aromatic nitrogens is 2. The molecule has 0 fully saturated rings. The van der Waals surface area contributed by atoms with E-state index in [1.54, 1.807) is 17.8 Å². The van der Waals surface area contributed by atoms with Gasteiger partial charge in [-0.3, -0.25) is 25.5 Å². The van der Waals surface area contributed by atoms with E-state index in [2.05, 4.69) is 21.0 Å². The normalized spacial score (nSPS) is 10.3. The molecule has 0 aliphatic rings. The molecule has 0 saturated carbocycles. The number of benzene rings is 2. The van der Waals surface area contributed by atoms with E-state index in [1.165, 1.54) is 0 Å². The smallest absolute Gasteiger partial charge is 0.273 e. The summed E-state index contributed by atoms with van der Waals surface area (Å²) < 4.78 is 0. The Morgan fingerprint density at radius 1 is 0.962 bits per heavy atom. The summed E-state index contributed by atoms with van der Waals surface area (Å²) in [6.45, 7) is 0. The second-order valence-corrected chi connectivity index (χ2v) is 6.62. The van der Waals surface area contributed by atoms with Gasteiger partial charge in [0.25, 0.3) is 5.91 Å². The Bertz CT molecular complexity index is 866. The zero-order valence-corrected chi connectivity index (χ0v) is 14.8. The monoisotopic (exact) mass is 366 g/mol. The summed E-state index contributed by atoms with van der Waals surface area (Å²) in [7, 11) is 0. The molecule has 0 atom stereocenters. The van der Waals surface area contributed by atoms with Crippen LogP contribution in [0.4, 0.5) is 0 Å². The fourth-order valence-corrected chi connectivity index (χ4v) is 3.10. The van der Waals surface area contributed by atoms with Crippen molar-refractivity contribution in [3.8, 4) is 11.3 Å². The molecule has 0 unspecified atom stereocenters. The predicted octanol–water partition coefficient (Wildman–Crippen LogP) is 3.02. The molecular formula is C19H18N4O2S. The van der Waals surface area contributed by atoms with Gasteiger partial charge in [0.15, 0.2) is 0 Å². The van der Waals surface area contributed by atoms with Crippen LogP contribution in [0.3, 0.4) is 0 Å². The molecule has 6 nitrogen and oxygen atoms in total. The molecule has 0 aliphatic heterocycles. The van der Waals surface area contributed by atoms with Crippen molar-refractivity contribution in [2.45, 2.75) is 11.3 Å². The summed E-state index contributed by atoms with van der Waals surface area (Å²) in [5.74, 6) is -0.0539. The number of hydrazine groups is 1. The van der Waals surface area contributed by atoms with E-state index >= 15 is 0 Å². The number of nitrogens with one attached hydrogen (secondary N) is 3. The van der Waals surface area contributed by atoms with Gasteiger partial charge in [0.2, 0.25) is 5.91 Å². The molecular weight excluding hydrogens is 348 g/mol. The van der Waals surface area contributed by atoms with E-state index in [4.69, 9.17) is 0 Å². The molecule has 0 saturated heterocycles. The molecule has 3 rings (SSSR count). The zero-order valence-electron chi connectivity index (χ0n) is 13.9. The third kappa shape index (κ3) is 4.97. The van der Waals surface area contributed by atoms with Gasteiger partial charge in [-0.05, 0) is 18.2 Å². The van der Waals surface area contributed by atoms with Crippen LogP contribution in [-0.2, 0) is 4.79 Å². The van der Waals surface area contributed by atoms with E-state index in [9.17, 15) is 9.59 Å². The molecule has 3 N–H and O–H groups in total. The summed E-state index contributed by atoms with van der Waals surface area (Å²) in [5.41, 5.74) is 6.67. The average molecular weight is 366 g/mol. The topological polar surface area (TPSA) is 86.9 Å². The number of thioether (sulfide) groups is 1. The molecule has 132 valence electrons. The van der Waals surface area contributed by atoms with Crippen molar-refractivity contribution < 1.29 is 9.59 Å². The van der Waals surface area contributed by atoms with Crippen molar-refractivity contribution in [3.63, 3.8) is 0 Å². The number of rotatable bonds is 6. The SMILES string of the molecule is O=C(CCSc1ccccc1)NNC(=O)c1cc(-c2ccccc2)n[nH]1. The van der Waals surface area contributed by atoms with E-state index < -0.39 is 5.91 Å². The highest BCUT2D eigenvalue weighted by molar-refractivity contribution is 7.99. The minimum absolute atomic E-state index is 0.246. The van der Waals surface area contributed by atoms with Gasteiger partial charge in [-0.1, -0.05) is 48.5 Å². The number of amides is 2. The summed E-state index contributed by atoms with van der Waals surface area (Å²) in [6.07, 6.45) is 0.304. The molecule has 7 heteroatoms. The predicted molar refractivity (Wildman–Crippen MR) is 101 cm³/mol. The van der Waals surface area contributed by atoms with Gasteiger partial charge in [0, 0.05) is 22.6 Å². The Hall–Kier alpha value is -3.06. The van der Waals surface area contributed by atoms with Gasteiger partial charge in [-0.25, -0.2) is 0 Å². The fraction of sp³-hybridized carbons (Fsp3) is 0.105. The van der Waals surface area contributed by atoms with Crippen molar-refractivity contribution in [2.75, 3.05) is 5.75 Å². The van der Waals surface area contributed by atoms with Crippen molar-refractivity contribution in [1.29, 1.82) is 0 Å². The number of hydrogen-bond donors (Lipinski definition) is 3. The molecule has 3 aromatic rings. The summed E-state index contributed by atoms with van der Waals surface area (Å²) in [6, 6.07) is 21.0. The van der Waals surface area contributed by atoms with Crippen molar-refractivity contribution in [2.24, 2.45) is 0 Å². The minimum Gasteiger partial charge on any atom is -0.273 e. The maximum atomic E-state index is 12.1. The number of aromatic amines is 1. The van der Waals surface area contributed by atoms with Gasteiger partial charge in [-0.15, -0.1) is 11.8 Å². The van der Waals surface area contributed by atoms with Crippen LogP contribution >= 0.6 is 11.8 Å². The van der Waals surface area contributed by atoms with Crippen LogP contribution in [0.1, 0.15) is 16.9 Å². The summed E-state index contributed by atoms with van der Waals surface area (Å²) in [4.78, 5) is 25.0. The van der Waals surface area contributed by atoms with Gasteiger partial charge in [0.05, 0.1) is 5.69 Å². The molecule has 2 aromatic carbocycles. The Morgan fingerprint density at radius 2 is 1.65 bits per heavy atom. The molecule has 0 bridgehead atoms. The van der Waals surface area contributed by atoms with E-state index in [0.29, 0.717) is 17.9 Å². The van der Waals surface area contributed by atoms with Crippen LogP contribution < -0.4 is 10.9 Å². The Labute approximate surface area is 155 Å². The third-order valence-electron chi connectivity index (χ3n) is 3.55. The van der Waals surface area contributed by atoms with Crippen molar-refractivity contribution in [3.05, 3.63) is 72.4 Å². The van der Waals surface area contributed by atoms with E-state index in [0.717, 1.165) is 10.5 Å². The molecule has 1 aromatic heterocycles. The fourth-order valence-electron chi connectivity index (χ4n) is 2.23. The van der Waals surface area contributed by atoms with E-state index in [-0.39, 0.29) is 11.6 Å². The standard InChI is InChI=1S/C19H18N4O2S/c24-18(11-12-26-15-9-5-2-6-10-15)22-23-19(25)17-13-16(20-21-17)14-7-3-1-4-8-14/h1-10,13H,11-12H2,(H,20,21)(H,22,24)(H,23,25). The summed E-state index contributed by atoms with van der Waals surface area (Å²) >= 11 is 1.59. The third-order valence-corrected chi connectivity index (χ3v) is 4.56. The van der Waals surface area contributed by atoms with Gasteiger partial charge < -0.3 is 0 Å². The van der Waals surface area contributed by atoms with Crippen molar-refractivity contribution >= 4 is 23.6 Å². The van der Waals surface area contributed by atoms with Crippen LogP contribution in [0.15, 0.2) is 71.6 Å². The van der Waals surface area contributed by atoms with Crippen LogP contribution in [-0.4, -0.2) is 27.8 Å².